The number of hydrogen-bond donors (Lipinski definition) is 3. The summed E-state index contributed by atoms with van der Waals surface area (Å²) in [5, 5.41) is 13.3. The second-order valence-electron chi connectivity index (χ2n) is 12.7. The Morgan fingerprint density at radius 3 is 2.48 bits per heavy atom. The Morgan fingerprint density at radius 1 is 0.905 bits per heavy atom. The minimum atomic E-state index is -3.56. The van der Waals surface area contributed by atoms with E-state index >= 15 is 0 Å². The van der Waals surface area contributed by atoms with Crippen molar-refractivity contribution in [3.8, 4) is 5.75 Å². The Bertz CT molecular complexity index is 1420. The van der Waals surface area contributed by atoms with Crippen LogP contribution in [0.1, 0.15) is 70.3 Å². The number of sulfone groups is 1. The maximum absolute atomic E-state index is 14.2. The van der Waals surface area contributed by atoms with Gasteiger partial charge < -0.3 is 20.7 Å². The van der Waals surface area contributed by atoms with Gasteiger partial charge in [0.25, 0.3) is 0 Å². The highest BCUT2D eigenvalue weighted by molar-refractivity contribution is 7.92. The van der Waals surface area contributed by atoms with Crippen molar-refractivity contribution in [1.29, 1.82) is 0 Å². The first-order chi connectivity index (χ1) is 20.5. The largest absolute Gasteiger partial charge is 0.494 e. The molecule has 0 spiro atoms. The topological polar surface area (TPSA) is 79.5 Å². The van der Waals surface area contributed by atoms with E-state index in [9.17, 15) is 8.42 Å². The van der Waals surface area contributed by atoms with Gasteiger partial charge in [-0.2, -0.15) is 0 Å². The van der Waals surface area contributed by atoms with Crippen LogP contribution in [0.2, 0.25) is 0 Å². The second kappa shape index (κ2) is 13.5. The fourth-order valence-corrected chi connectivity index (χ4v) is 9.60. The van der Waals surface area contributed by atoms with Crippen molar-refractivity contribution in [2.24, 2.45) is 5.92 Å². The average molecular weight is 590 g/mol. The molecule has 0 amide bonds. The molecule has 2 heterocycles. The van der Waals surface area contributed by atoms with Crippen LogP contribution < -0.4 is 20.7 Å². The van der Waals surface area contributed by atoms with Crippen LogP contribution in [0.3, 0.4) is 0 Å². The molecule has 42 heavy (non-hydrogen) atoms. The van der Waals surface area contributed by atoms with Gasteiger partial charge in [0, 0.05) is 30.7 Å². The van der Waals surface area contributed by atoms with E-state index in [1.165, 1.54) is 48.4 Å². The minimum Gasteiger partial charge on any atom is -0.494 e. The van der Waals surface area contributed by atoms with Crippen LogP contribution in [-0.4, -0.2) is 51.0 Å². The van der Waals surface area contributed by atoms with Crippen molar-refractivity contribution in [3.63, 3.8) is 0 Å². The SMILES string of the molecule is CCCCCOc1ccc(S(=O)(=O)[C@H]2[C@H](NCc3ccc4ccccc4c3)[C@@H]3N[C@H]2C[C@H]3CNC2CCCCC2)cc1. The van der Waals surface area contributed by atoms with Crippen LogP contribution in [0, 0.1) is 5.92 Å². The van der Waals surface area contributed by atoms with Crippen molar-refractivity contribution in [3.05, 3.63) is 72.3 Å². The number of unbranched alkanes of at least 4 members (excludes halogenated alkanes) is 2. The molecule has 7 heteroatoms. The molecule has 0 aromatic heterocycles. The zero-order valence-corrected chi connectivity index (χ0v) is 25.7. The Labute approximate surface area is 251 Å². The zero-order chi connectivity index (χ0) is 28.9. The molecule has 3 fully saturated rings. The van der Waals surface area contributed by atoms with E-state index < -0.39 is 15.1 Å². The molecular weight excluding hydrogens is 542 g/mol. The third-order valence-electron chi connectivity index (χ3n) is 9.77. The molecule has 0 radical (unpaired) electrons. The minimum absolute atomic E-state index is 0.0581. The van der Waals surface area contributed by atoms with Crippen LogP contribution >= 0.6 is 0 Å². The van der Waals surface area contributed by atoms with E-state index in [-0.39, 0.29) is 18.1 Å². The van der Waals surface area contributed by atoms with Crippen molar-refractivity contribution in [2.75, 3.05) is 13.2 Å². The van der Waals surface area contributed by atoms with Crippen molar-refractivity contribution < 1.29 is 13.2 Å². The van der Waals surface area contributed by atoms with E-state index in [2.05, 4.69) is 65.3 Å². The highest BCUT2D eigenvalue weighted by Gasteiger charge is 2.57. The molecule has 6 nitrogen and oxygen atoms in total. The molecule has 3 aromatic carbocycles. The fraction of sp³-hybridized carbons (Fsp3) is 0.543. The number of fused-ring (bicyclic) bond motifs is 3. The number of nitrogens with one attached hydrogen (secondary N) is 3. The van der Waals surface area contributed by atoms with Crippen LogP contribution in [0.4, 0.5) is 0 Å². The lowest BCUT2D eigenvalue weighted by atomic mass is 9.84. The van der Waals surface area contributed by atoms with Crippen LogP contribution in [-0.2, 0) is 16.4 Å². The standard InChI is InChI=1S/C35H47N3O3S/c1-2-3-9-20-41-30-16-18-31(19-17-30)42(39,40)35-32-22-28(24-36-29-12-5-4-6-13-29)33(38-32)34(35)37-23-25-14-15-26-10-7-8-11-27(26)21-25/h7-8,10-11,14-19,21,28-29,32-38H,2-6,9,12-13,20,22-24H2,1H3/t28-,32-,33+,34+,35+/m0/s1. The Kier molecular flexibility index (Phi) is 9.49. The molecule has 1 saturated carbocycles. The first-order valence-electron chi connectivity index (χ1n) is 16.2. The second-order valence-corrected chi connectivity index (χ2v) is 14.8. The molecule has 3 aliphatic rings. The third-order valence-corrected chi connectivity index (χ3v) is 12.0. The van der Waals surface area contributed by atoms with E-state index in [0.29, 0.717) is 30.0 Å². The highest BCUT2D eigenvalue weighted by atomic mass is 32.2. The Balaban J connectivity index is 1.19. The van der Waals surface area contributed by atoms with Gasteiger partial charge in [-0.3, -0.25) is 0 Å². The van der Waals surface area contributed by atoms with Crippen LogP contribution in [0.5, 0.6) is 5.75 Å². The lowest BCUT2D eigenvalue weighted by Gasteiger charge is -2.36. The van der Waals surface area contributed by atoms with Gasteiger partial charge in [-0.15, -0.1) is 0 Å². The Hall–Kier alpha value is -2.45. The molecule has 0 unspecified atom stereocenters. The summed E-state index contributed by atoms with van der Waals surface area (Å²) in [6, 6.07) is 22.5. The quantitative estimate of drug-likeness (QED) is 0.213. The third kappa shape index (κ3) is 6.54. The highest BCUT2D eigenvalue weighted by Crippen LogP contribution is 2.40. The molecule has 3 aromatic rings. The summed E-state index contributed by atoms with van der Waals surface area (Å²) in [7, 11) is -3.56. The first-order valence-corrected chi connectivity index (χ1v) is 17.7. The number of benzene rings is 3. The van der Waals surface area contributed by atoms with Gasteiger partial charge in [-0.25, -0.2) is 8.42 Å². The predicted molar refractivity (Wildman–Crippen MR) is 171 cm³/mol. The molecule has 2 saturated heterocycles. The molecule has 2 bridgehead atoms. The van der Waals surface area contributed by atoms with Gasteiger partial charge in [0.1, 0.15) is 5.75 Å². The molecule has 1 aliphatic carbocycles. The zero-order valence-electron chi connectivity index (χ0n) is 24.9. The van der Waals surface area contributed by atoms with E-state index in [1.54, 1.807) is 12.1 Å². The van der Waals surface area contributed by atoms with Crippen molar-refractivity contribution in [1.82, 2.24) is 16.0 Å². The van der Waals surface area contributed by atoms with Crippen molar-refractivity contribution >= 4 is 20.6 Å². The normalized spacial score (nSPS) is 26.2. The summed E-state index contributed by atoms with van der Waals surface area (Å²) in [6.45, 7) is 4.42. The summed E-state index contributed by atoms with van der Waals surface area (Å²) in [5.74, 6) is 1.15. The predicted octanol–water partition coefficient (Wildman–Crippen LogP) is 5.99. The Morgan fingerprint density at radius 2 is 1.69 bits per heavy atom. The van der Waals surface area contributed by atoms with Crippen LogP contribution in [0.25, 0.3) is 10.8 Å². The molecule has 226 valence electrons. The van der Waals surface area contributed by atoms with Gasteiger partial charge in [-0.1, -0.05) is 75.4 Å². The van der Waals surface area contributed by atoms with Crippen LogP contribution in [0.15, 0.2) is 71.6 Å². The van der Waals surface area contributed by atoms with E-state index in [0.717, 1.165) is 38.0 Å². The fourth-order valence-electron chi connectivity index (χ4n) is 7.50. The number of rotatable bonds is 13. The molecular formula is C35H47N3O3S. The van der Waals surface area contributed by atoms with Crippen molar-refractivity contribution in [2.45, 2.75) is 106 Å². The lowest BCUT2D eigenvalue weighted by Crippen LogP contribution is -2.55. The average Bonchev–Trinajstić information content (AvgIpc) is 3.61. The van der Waals surface area contributed by atoms with Gasteiger partial charge in [0.2, 0.25) is 0 Å². The lowest BCUT2D eigenvalue weighted by molar-refractivity contribution is 0.285. The molecule has 5 atom stereocenters. The van der Waals surface area contributed by atoms with E-state index in [4.69, 9.17) is 4.74 Å². The van der Waals surface area contributed by atoms with Gasteiger partial charge in [0.05, 0.1) is 16.8 Å². The summed E-state index contributed by atoms with van der Waals surface area (Å²) in [4.78, 5) is 0.386. The molecule has 2 aliphatic heterocycles. The van der Waals surface area contributed by atoms with Gasteiger partial charge in [-0.05, 0) is 84.8 Å². The van der Waals surface area contributed by atoms with E-state index in [1.807, 2.05) is 12.1 Å². The molecule has 6 rings (SSSR count). The maximum atomic E-state index is 14.2. The van der Waals surface area contributed by atoms with Gasteiger partial charge in [0.15, 0.2) is 9.84 Å². The molecule has 3 N–H and O–H groups in total. The summed E-state index contributed by atoms with van der Waals surface area (Å²) in [5.41, 5.74) is 1.18. The number of ether oxygens (including phenoxy) is 1. The summed E-state index contributed by atoms with van der Waals surface area (Å²) >= 11 is 0. The monoisotopic (exact) mass is 589 g/mol. The smallest absolute Gasteiger partial charge is 0.184 e. The number of hydrogen-bond acceptors (Lipinski definition) is 6. The maximum Gasteiger partial charge on any atom is 0.184 e. The van der Waals surface area contributed by atoms with Gasteiger partial charge >= 0.3 is 0 Å². The first kappa shape index (κ1) is 29.6. The summed E-state index contributed by atoms with van der Waals surface area (Å²) < 4.78 is 34.3. The summed E-state index contributed by atoms with van der Waals surface area (Å²) in [6.07, 6.45) is 10.7.